The molecule has 8 nitrogen and oxygen atoms in total. The number of carbonyl (C=O) groups is 1. The van der Waals surface area contributed by atoms with Gasteiger partial charge in [-0.3, -0.25) is 9.10 Å². The number of rotatable bonds is 10. The minimum Gasteiger partial charge on any atom is -0.497 e. The molecule has 2 aromatic carbocycles. The van der Waals surface area contributed by atoms with E-state index in [0.29, 0.717) is 30.2 Å². The average molecular weight is 437 g/mol. The molecule has 0 bridgehead atoms. The van der Waals surface area contributed by atoms with Gasteiger partial charge in [0.15, 0.2) is 11.5 Å². The van der Waals surface area contributed by atoms with Gasteiger partial charge in [-0.2, -0.15) is 0 Å². The Morgan fingerprint density at radius 1 is 1.00 bits per heavy atom. The molecule has 1 N–H and O–H groups in total. The second kappa shape index (κ2) is 10.2. The summed E-state index contributed by atoms with van der Waals surface area (Å²) in [5.41, 5.74) is 1.34. The lowest BCUT2D eigenvalue weighted by atomic mass is 10.1. The maximum absolute atomic E-state index is 12.7. The fourth-order valence-electron chi connectivity index (χ4n) is 3.04. The molecule has 0 saturated heterocycles. The van der Waals surface area contributed by atoms with E-state index in [1.807, 2.05) is 24.3 Å². The Morgan fingerprint density at radius 2 is 1.63 bits per heavy atom. The predicted octanol–water partition coefficient (Wildman–Crippen LogP) is 2.23. The normalized spacial score (nSPS) is 12.0. The maximum Gasteiger partial charge on any atom is 0.243 e. The molecule has 0 aliphatic carbocycles. The van der Waals surface area contributed by atoms with Gasteiger partial charge in [0.25, 0.3) is 0 Å². The van der Waals surface area contributed by atoms with Crippen molar-refractivity contribution in [1.29, 1.82) is 0 Å². The van der Waals surface area contributed by atoms with Crippen molar-refractivity contribution in [2.45, 2.75) is 19.4 Å². The minimum absolute atomic E-state index is 0.313. The number of amides is 1. The van der Waals surface area contributed by atoms with Gasteiger partial charge in [-0.15, -0.1) is 0 Å². The smallest absolute Gasteiger partial charge is 0.243 e. The average Bonchev–Trinajstić information content (AvgIpc) is 2.73. The van der Waals surface area contributed by atoms with Crippen LogP contribution in [0.25, 0.3) is 0 Å². The second-order valence-corrected chi connectivity index (χ2v) is 8.52. The monoisotopic (exact) mass is 436 g/mol. The molecule has 1 amide bonds. The van der Waals surface area contributed by atoms with Gasteiger partial charge in [0.1, 0.15) is 11.8 Å². The zero-order valence-corrected chi connectivity index (χ0v) is 18.7. The van der Waals surface area contributed by atoms with Crippen LogP contribution >= 0.6 is 0 Å². The number of methoxy groups -OCH3 is 3. The van der Waals surface area contributed by atoms with Gasteiger partial charge < -0.3 is 19.5 Å². The van der Waals surface area contributed by atoms with Gasteiger partial charge in [0.2, 0.25) is 15.9 Å². The second-order valence-electron chi connectivity index (χ2n) is 6.66. The molecule has 0 spiro atoms. The molecule has 0 aliphatic rings. The Kier molecular flexibility index (Phi) is 7.93. The Bertz CT molecular complexity index is 960. The molecule has 164 valence electrons. The fourth-order valence-corrected chi connectivity index (χ4v) is 4.21. The van der Waals surface area contributed by atoms with E-state index in [2.05, 4.69) is 5.32 Å². The Labute approximate surface area is 177 Å². The van der Waals surface area contributed by atoms with Crippen molar-refractivity contribution in [3.8, 4) is 17.2 Å². The molecule has 0 heterocycles. The summed E-state index contributed by atoms with van der Waals surface area (Å²) in [7, 11) is 0.821. The molecule has 9 heteroatoms. The topological polar surface area (TPSA) is 94.2 Å². The van der Waals surface area contributed by atoms with Crippen molar-refractivity contribution < 1.29 is 27.4 Å². The zero-order chi connectivity index (χ0) is 22.3. The summed E-state index contributed by atoms with van der Waals surface area (Å²) in [5.74, 6) is 1.20. The Balaban J connectivity index is 2.12. The molecular formula is C21H28N2O6S. The molecular weight excluding hydrogens is 408 g/mol. The first-order valence-corrected chi connectivity index (χ1v) is 11.2. The van der Waals surface area contributed by atoms with E-state index in [0.717, 1.165) is 21.9 Å². The number of hydrogen-bond acceptors (Lipinski definition) is 6. The molecule has 0 aromatic heterocycles. The summed E-state index contributed by atoms with van der Waals surface area (Å²) in [5, 5.41) is 2.80. The molecule has 0 aliphatic heterocycles. The number of nitrogens with zero attached hydrogens (tertiary/aromatic N) is 1. The van der Waals surface area contributed by atoms with Crippen LogP contribution < -0.4 is 23.8 Å². The number of sulfonamides is 1. The molecule has 1 atom stereocenters. The Hall–Kier alpha value is -2.94. The predicted molar refractivity (Wildman–Crippen MR) is 116 cm³/mol. The van der Waals surface area contributed by atoms with Crippen LogP contribution in [-0.2, 0) is 21.2 Å². The van der Waals surface area contributed by atoms with Gasteiger partial charge in [-0.1, -0.05) is 12.1 Å². The van der Waals surface area contributed by atoms with Crippen LogP contribution in [0.3, 0.4) is 0 Å². The third-order valence-corrected chi connectivity index (χ3v) is 5.82. The molecule has 0 saturated carbocycles. The molecule has 2 aromatic rings. The molecule has 2 rings (SSSR count). The van der Waals surface area contributed by atoms with Crippen LogP contribution in [-0.4, -0.2) is 54.5 Å². The van der Waals surface area contributed by atoms with E-state index in [9.17, 15) is 13.2 Å². The van der Waals surface area contributed by atoms with Crippen molar-refractivity contribution in [3.63, 3.8) is 0 Å². The Morgan fingerprint density at radius 3 is 2.17 bits per heavy atom. The first kappa shape index (κ1) is 23.3. The van der Waals surface area contributed by atoms with E-state index in [1.54, 1.807) is 26.2 Å². The zero-order valence-electron chi connectivity index (χ0n) is 17.8. The summed E-state index contributed by atoms with van der Waals surface area (Å²) in [6.45, 7) is 1.92. The third kappa shape index (κ3) is 5.79. The number of anilines is 1. The summed E-state index contributed by atoms with van der Waals surface area (Å²) in [6.07, 6.45) is 1.67. The van der Waals surface area contributed by atoms with Crippen molar-refractivity contribution >= 4 is 21.6 Å². The SMILES string of the molecule is COc1ccc(CCNC(=O)C(C)N(c2ccc(OC)c(OC)c2)S(C)(=O)=O)cc1. The van der Waals surface area contributed by atoms with E-state index in [1.165, 1.54) is 20.3 Å². The highest BCUT2D eigenvalue weighted by Gasteiger charge is 2.29. The van der Waals surface area contributed by atoms with Crippen LogP contribution in [0.15, 0.2) is 42.5 Å². The first-order chi connectivity index (χ1) is 14.2. The third-order valence-electron chi connectivity index (χ3n) is 4.58. The van der Waals surface area contributed by atoms with Crippen LogP contribution in [0.2, 0.25) is 0 Å². The maximum atomic E-state index is 12.7. The summed E-state index contributed by atoms with van der Waals surface area (Å²) in [4.78, 5) is 12.7. The van der Waals surface area contributed by atoms with E-state index < -0.39 is 22.0 Å². The van der Waals surface area contributed by atoms with Crippen molar-refractivity contribution in [2.75, 3.05) is 38.4 Å². The summed E-state index contributed by atoms with van der Waals surface area (Å²) < 4.78 is 41.5. The highest BCUT2D eigenvalue weighted by atomic mass is 32.2. The van der Waals surface area contributed by atoms with E-state index in [4.69, 9.17) is 14.2 Å². The first-order valence-electron chi connectivity index (χ1n) is 9.33. The van der Waals surface area contributed by atoms with Gasteiger partial charge in [-0.05, 0) is 43.2 Å². The quantitative estimate of drug-likeness (QED) is 0.614. The lowest BCUT2D eigenvalue weighted by Gasteiger charge is -2.28. The van der Waals surface area contributed by atoms with Crippen LogP contribution in [0.1, 0.15) is 12.5 Å². The number of ether oxygens (including phenoxy) is 3. The van der Waals surface area contributed by atoms with Gasteiger partial charge >= 0.3 is 0 Å². The number of benzene rings is 2. The molecule has 30 heavy (non-hydrogen) atoms. The fraction of sp³-hybridized carbons (Fsp3) is 0.381. The van der Waals surface area contributed by atoms with E-state index in [-0.39, 0.29) is 0 Å². The summed E-state index contributed by atoms with van der Waals surface area (Å²) in [6, 6.07) is 11.3. The summed E-state index contributed by atoms with van der Waals surface area (Å²) >= 11 is 0. The van der Waals surface area contributed by atoms with Crippen LogP contribution in [0.4, 0.5) is 5.69 Å². The van der Waals surface area contributed by atoms with Gasteiger partial charge in [0.05, 0.1) is 33.3 Å². The molecule has 1 unspecified atom stereocenters. The molecule has 0 fully saturated rings. The lowest BCUT2D eigenvalue weighted by Crippen LogP contribution is -2.48. The standard InChI is InChI=1S/C21H28N2O6S/c1-15(21(24)22-13-12-16-6-9-18(27-2)10-7-16)23(30(5,25)26)17-8-11-19(28-3)20(14-17)29-4/h6-11,14-15H,12-13H2,1-5H3,(H,22,24). The van der Waals surface area contributed by atoms with Crippen molar-refractivity contribution in [3.05, 3.63) is 48.0 Å². The van der Waals surface area contributed by atoms with Crippen molar-refractivity contribution in [2.24, 2.45) is 0 Å². The lowest BCUT2D eigenvalue weighted by molar-refractivity contribution is -0.121. The minimum atomic E-state index is -3.73. The highest BCUT2D eigenvalue weighted by Crippen LogP contribution is 2.33. The van der Waals surface area contributed by atoms with Crippen molar-refractivity contribution in [1.82, 2.24) is 5.32 Å². The van der Waals surface area contributed by atoms with Gasteiger partial charge in [0, 0.05) is 12.6 Å². The highest BCUT2D eigenvalue weighted by molar-refractivity contribution is 7.92. The van der Waals surface area contributed by atoms with E-state index >= 15 is 0 Å². The van der Waals surface area contributed by atoms with Crippen LogP contribution in [0.5, 0.6) is 17.2 Å². The largest absolute Gasteiger partial charge is 0.497 e. The van der Waals surface area contributed by atoms with Gasteiger partial charge in [-0.25, -0.2) is 8.42 Å². The van der Waals surface area contributed by atoms with Crippen LogP contribution in [0, 0.1) is 0 Å². The number of nitrogens with one attached hydrogen (secondary N) is 1. The number of carbonyl (C=O) groups excluding carboxylic acids is 1. The number of hydrogen-bond donors (Lipinski definition) is 1. The molecule has 0 radical (unpaired) electrons.